The van der Waals surface area contributed by atoms with Gasteiger partial charge in [-0.15, -0.1) is 0 Å². The van der Waals surface area contributed by atoms with Crippen molar-refractivity contribution in [1.82, 2.24) is 5.32 Å². The van der Waals surface area contributed by atoms with Crippen LogP contribution in [-0.2, 0) is 4.79 Å². The van der Waals surface area contributed by atoms with Gasteiger partial charge in [-0.2, -0.15) is 5.26 Å². The van der Waals surface area contributed by atoms with Crippen LogP contribution in [0, 0.1) is 17.2 Å². The van der Waals surface area contributed by atoms with Crippen LogP contribution in [0.3, 0.4) is 0 Å². The van der Waals surface area contributed by atoms with E-state index in [1.165, 1.54) is 0 Å². The first-order chi connectivity index (χ1) is 10.1. The number of para-hydroxylation sites is 1. The molecule has 0 radical (unpaired) electrons. The lowest BCUT2D eigenvalue weighted by Crippen LogP contribution is -2.42. The predicted octanol–water partition coefficient (Wildman–Crippen LogP) is 2.32. The summed E-state index contributed by atoms with van der Waals surface area (Å²) in [5.41, 5.74) is 0.836. The summed E-state index contributed by atoms with van der Waals surface area (Å²) >= 11 is 0. The molecule has 0 bridgehead atoms. The molecule has 1 saturated carbocycles. The molecule has 1 aliphatic carbocycles. The summed E-state index contributed by atoms with van der Waals surface area (Å²) in [4.78, 5) is 22.9. The van der Waals surface area contributed by atoms with Crippen molar-refractivity contribution in [2.75, 3.05) is 5.32 Å². The highest BCUT2D eigenvalue weighted by atomic mass is 16.4. The fraction of sp³-hybridized carbons (Fsp3) is 0.400. The Bertz CT molecular complexity index is 580. The van der Waals surface area contributed by atoms with Gasteiger partial charge in [0.2, 0.25) is 0 Å². The van der Waals surface area contributed by atoms with E-state index >= 15 is 0 Å². The molecular weight excluding hydrogens is 270 g/mol. The first-order valence-electron chi connectivity index (χ1n) is 6.89. The molecule has 3 N–H and O–H groups in total. The molecule has 1 aromatic rings. The Morgan fingerprint density at radius 1 is 1.29 bits per heavy atom. The number of nitrogens with one attached hydrogen (secondary N) is 2. The number of benzene rings is 1. The van der Waals surface area contributed by atoms with Crippen LogP contribution in [-0.4, -0.2) is 23.1 Å². The van der Waals surface area contributed by atoms with Crippen molar-refractivity contribution in [3.05, 3.63) is 29.8 Å². The number of carbonyl (C=O) groups excluding carboxylic acids is 1. The molecule has 110 valence electrons. The number of carboxylic acid groups (broad SMARTS) is 1. The van der Waals surface area contributed by atoms with Crippen molar-refractivity contribution in [3.8, 4) is 6.07 Å². The zero-order valence-corrected chi connectivity index (χ0v) is 11.5. The third-order valence-electron chi connectivity index (χ3n) is 3.65. The van der Waals surface area contributed by atoms with Gasteiger partial charge in [-0.05, 0) is 31.4 Å². The zero-order chi connectivity index (χ0) is 15.2. The number of hydrogen-bond donors (Lipinski definition) is 3. The highest BCUT2D eigenvalue weighted by molar-refractivity contribution is 5.91. The molecule has 6 nitrogen and oxygen atoms in total. The van der Waals surface area contributed by atoms with Gasteiger partial charge in [0.05, 0.1) is 17.2 Å². The Morgan fingerprint density at radius 2 is 2.05 bits per heavy atom. The number of aliphatic carboxylic acids is 1. The molecule has 1 aliphatic rings. The summed E-state index contributed by atoms with van der Waals surface area (Å²) in [6.07, 6.45) is 2.67. The van der Waals surface area contributed by atoms with Crippen molar-refractivity contribution in [2.24, 2.45) is 5.92 Å². The van der Waals surface area contributed by atoms with Crippen LogP contribution in [0.5, 0.6) is 0 Å². The lowest BCUT2D eigenvalue weighted by Gasteiger charge is -2.27. The normalized spacial score (nSPS) is 21.1. The van der Waals surface area contributed by atoms with Gasteiger partial charge in [0.15, 0.2) is 0 Å². The van der Waals surface area contributed by atoms with E-state index in [1.807, 2.05) is 6.07 Å². The molecular formula is C15H17N3O3. The van der Waals surface area contributed by atoms with E-state index in [-0.39, 0.29) is 6.04 Å². The Hall–Kier alpha value is -2.55. The summed E-state index contributed by atoms with van der Waals surface area (Å²) in [7, 11) is 0. The second-order valence-electron chi connectivity index (χ2n) is 5.15. The van der Waals surface area contributed by atoms with Crippen molar-refractivity contribution >= 4 is 17.7 Å². The van der Waals surface area contributed by atoms with E-state index in [9.17, 15) is 9.59 Å². The number of carbonyl (C=O) groups is 2. The van der Waals surface area contributed by atoms with Crippen LogP contribution in [0.15, 0.2) is 24.3 Å². The Kier molecular flexibility index (Phi) is 4.77. The largest absolute Gasteiger partial charge is 0.481 e. The summed E-state index contributed by atoms with van der Waals surface area (Å²) in [6.45, 7) is 0. The molecule has 0 heterocycles. The minimum absolute atomic E-state index is 0.144. The molecule has 2 amide bonds. The van der Waals surface area contributed by atoms with Gasteiger partial charge in [0.25, 0.3) is 0 Å². The Labute approximate surface area is 122 Å². The van der Waals surface area contributed by atoms with E-state index < -0.39 is 17.9 Å². The number of carboxylic acids is 1. The van der Waals surface area contributed by atoms with Crippen LogP contribution in [0.2, 0.25) is 0 Å². The van der Waals surface area contributed by atoms with E-state index in [0.29, 0.717) is 24.1 Å². The van der Waals surface area contributed by atoms with E-state index in [4.69, 9.17) is 10.4 Å². The van der Waals surface area contributed by atoms with E-state index in [2.05, 4.69) is 10.6 Å². The average Bonchev–Trinajstić information content (AvgIpc) is 2.48. The van der Waals surface area contributed by atoms with Crippen LogP contribution < -0.4 is 10.6 Å². The topological polar surface area (TPSA) is 102 Å². The fourth-order valence-corrected chi connectivity index (χ4v) is 2.58. The lowest BCUT2D eigenvalue weighted by atomic mass is 9.86. The second-order valence-corrected chi connectivity index (χ2v) is 5.15. The molecule has 21 heavy (non-hydrogen) atoms. The molecule has 1 aromatic carbocycles. The average molecular weight is 287 g/mol. The fourth-order valence-electron chi connectivity index (χ4n) is 2.58. The minimum Gasteiger partial charge on any atom is -0.481 e. The zero-order valence-electron chi connectivity index (χ0n) is 11.5. The summed E-state index contributed by atoms with van der Waals surface area (Å²) in [6, 6.07) is 8.18. The van der Waals surface area contributed by atoms with Crippen LogP contribution in [0.1, 0.15) is 31.2 Å². The van der Waals surface area contributed by atoms with Gasteiger partial charge in [-0.1, -0.05) is 18.6 Å². The summed E-state index contributed by atoms with van der Waals surface area (Å²) < 4.78 is 0. The monoisotopic (exact) mass is 287 g/mol. The molecule has 2 atom stereocenters. The third-order valence-corrected chi connectivity index (χ3v) is 3.65. The van der Waals surface area contributed by atoms with Gasteiger partial charge in [-0.3, -0.25) is 4.79 Å². The third kappa shape index (κ3) is 3.96. The second kappa shape index (κ2) is 6.75. The predicted molar refractivity (Wildman–Crippen MR) is 76.7 cm³/mol. The maximum Gasteiger partial charge on any atom is 0.319 e. The van der Waals surface area contributed by atoms with Gasteiger partial charge < -0.3 is 15.7 Å². The van der Waals surface area contributed by atoms with E-state index in [1.54, 1.807) is 24.3 Å². The highest BCUT2D eigenvalue weighted by Crippen LogP contribution is 2.24. The van der Waals surface area contributed by atoms with Crippen molar-refractivity contribution in [2.45, 2.75) is 31.7 Å². The molecule has 6 heteroatoms. The minimum atomic E-state index is -0.809. The molecule has 2 rings (SSSR count). The van der Waals surface area contributed by atoms with Crippen molar-refractivity contribution < 1.29 is 14.7 Å². The van der Waals surface area contributed by atoms with Crippen LogP contribution >= 0.6 is 0 Å². The van der Waals surface area contributed by atoms with Crippen molar-refractivity contribution in [3.63, 3.8) is 0 Å². The van der Waals surface area contributed by atoms with E-state index in [0.717, 1.165) is 12.8 Å². The van der Waals surface area contributed by atoms with Crippen LogP contribution in [0.4, 0.5) is 10.5 Å². The Balaban J connectivity index is 1.93. The standard InChI is InChI=1S/C15H17N3O3/c16-9-11-4-1-2-7-13(11)18-15(21)17-12-6-3-5-10(8-12)14(19)20/h1-2,4,7,10,12H,3,5-6,8H2,(H,19,20)(H2,17,18,21). The maximum absolute atomic E-state index is 11.9. The van der Waals surface area contributed by atoms with Gasteiger partial charge >= 0.3 is 12.0 Å². The number of nitrogens with zero attached hydrogens (tertiary/aromatic N) is 1. The quantitative estimate of drug-likeness (QED) is 0.793. The van der Waals surface area contributed by atoms with Crippen molar-refractivity contribution in [1.29, 1.82) is 5.26 Å². The molecule has 1 fully saturated rings. The SMILES string of the molecule is N#Cc1ccccc1NC(=O)NC1CCCC(C(=O)O)C1. The number of urea groups is 1. The maximum atomic E-state index is 11.9. The Morgan fingerprint density at radius 3 is 2.76 bits per heavy atom. The van der Waals surface area contributed by atoms with Gasteiger partial charge in [-0.25, -0.2) is 4.79 Å². The number of rotatable bonds is 3. The van der Waals surface area contributed by atoms with Gasteiger partial charge in [0.1, 0.15) is 6.07 Å². The number of hydrogen-bond acceptors (Lipinski definition) is 3. The molecule has 2 unspecified atom stereocenters. The number of amides is 2. The molecule has 0 aliphatic heterocycles. The molecule has 0 spiro atoms. The lowest BCUT2D eigenvalue weighted by molar-refractivity contribution is -0.143. The highest BCUT2D eigenvalue weighted by Gasteiger charge is 2.27. The van der Waals surface area contributed by atoms with Crippen LogP contribution in [0.25, 0.3) is 0 Å². The summed E-state index contributed by atoms with van der Waals surface area (Å²) in [5, 5.41) is 23.4. The van der Waals surface area contributed by atoms with Gasteiger partial charge in [0, 0.05) is 6.04 Å². The smallest absolute Gasteiger partial charge is 0.319 e. The summed E-state index contributed by atoms with van der Waals surface area (Å²) in [5.74, 6) is -1.20. The molecule has 0 saturated heterocycles. The molecule has 0 aromatic heterocycles. The first kappa shape index (κ1) is 14.9. The number of anilines is 1. The number of nitriles is 1. The first-order valence-corrected chi connectivity index (χ1v) is 6.89.